The van der Waals surface area contributed by atoms with Gasteiger partial charge in [-0.25, -0.2) is 0 Å². The predicted octanol–water partition coefficient (Wildman–Crippen LogP) is 3.85. The lowest BCUT2D eigenvalue weighted by molar-refractivity contribution is 1.04. The Kier molecular flexibility index (Phi) is 2.06. The molecule has 0 heteroatoms. The van der Waals surface area contributed by atoms with Crippen LogP contribution >= 0.6 is 0 Å². The Morgan fingerprint density at radius 2 is 1.67 bits per heavy atom. The van der Waals surface area contributed by atoms with Gasteiger partial charge in [0, 0.05) is 0 Å². The fourth-order valence-electron chi connectivity index (χ4n) is 2.34. The second-order valence-electron chi connectivity index (χ2n) is 3.98. The van der Waals surface area contributed by atoms with Crippen molar-refractivity contribution in [3.05, 3.63) is 66.1 Å². The van der Waals surface area contributed by atoms with Crippen LogP contribution in [0.2, 0.25) is 0 Å². The first-order valence-electron chi connectivity index (χ1n) is 5.46. The minimum absolute atomic E-state index is 1.19. The summed E-state index contributed by atoms with van der Waals surface area (Å²) in [5.74, 6) is 0. The SMILES string of the molecule is [CH]1CCc2c1cccc2-c1ccccc1. The van der Waals surface area contributed by atoms with Crippen LogP contribution in [0.1, 0.15) is 17.5 Å². The van der Waals surface area contributed by atoms with Gasteiger partial charge in [-0.2, -0.15) is 0 Å². The van der Waals surface area contributed by atoms with E-state index < -0.39 is 0 Å². The van der Waals surface area contributed by atoms with E-state index in [0.717, 1.165) is 0 Å². The largest absolute Gasteiger partial charge is 0.0622 e. The van der Waals surface area contributed by atoms with E-state index in [1.807, 2.05) is 0 Å². The lowest BCUT2D eigenvalue weighted by atomic mass is 9.97. The Morgan fingerprint density at radius 3 is 2.53 bits per heavy atom. The zero-order chi connectivity index (χ0) is 10.1. The second kappa shape index (κ2) is 3.54. The van der Waals surface area contributed by atoms with Crippen molar-refractivity contribution in [2.75, 3.05) is 0 Å². The van der Waals surface area contributed by atoms with Crippen LogP contribution in [0.5, 0.6) is 0 Å². The van der Waals surface area contributed by atoms with Crippen molar-refractivity contribution in [3.8, 4) is 11.1 Å². The van der Waals surface area contributed by atoms with Crippen molar-refractivity contribution in [2.45, 2.75) is 12.8 Å². The Bertz CT molecular complexity index is 469. The highest BCUT2D eigenvalue weighted by atomic mass is 14.2. The van der Waals surface area contributed by atoms with E-state index in [4.69, 9.17) is 0 Å². The van der Waals surface area contributed by atoms with E-state index in [0.29, 0.717) is 0 Å². The van der Waals surface area contributed by atoms with E-state index in [1.165, 1.54) is 35.1 Å². The summed E-state index contributed by atoms with van der Waals surface area (Å²) in [7, 11) is 0. The van der Waals surface area contributed by atoms with Gasteiger partial charge in [-0.15, -0.1) is 0 Å². The molecule has 0 aromatic heterocycles. The molecule has 0 saturated heterocycles. The summed E-state index contributed by atoms with van der Waals surface area (Å²) < 4.78 is 0. The predicted molar refractivity (Wildman–Crippen MR) is 63.6 cm³/mol. The Balaban J connectivity index is 2.17. The number of fused-ring (bicyclic) bond motifs is 1. The van der Waals surface area contributed by atoms with E-state index in [9.17, 15) is 0 Å². The second-order valence-corrected chi connectivity index (χ2v) is 3.98. The highest BCUT2D eigenvalue weighted by Gasteiger charge is 2.14. The summed E-state index contributed by atoms with van der Waals surface area (Å²) in [6, 6.07) is 17.3. The summed E-state index contributed by atoms with van der Waals surface area (Å²) in [5.41, 5.74) is 5.69. The molecule has 0 bridgehead atoms. The molecule has 0 N–H and O–H groups in total. The highest BCUT2D eigenvalue weighted by molar-refractivity contribution is 5.70. The van der Waals surface area contributed by atoms with E-state index in [-0.39, 0.29) is 0 Å². The fourth-order valence-corrected chi connectivity index (χ4v) is 2.34. The van der Waals surface area contributed by atoms with Crippen LogP contribution in [0, 0.1) is 6.42 Å². The van der Waals surface area contributed by atoms with Crippen LogP contribution in [0.25, 0.3) is 11.1 Å². The van der Waals surface area contributed by atoms with Crippen molar-refractivity contribution < 1.29 is 0 Å². The molecule has 0 unspecified atom stereocenters. The Hall–Kier alpha value is -1.56. The highest BCUT2D eigenvalue weighted by Crippen LogP contribution is 2.32. The molecule has 15 heavy (non-hydrogen) atoms. The molecule has 0 atom stereocenters. The maximum atomic E-state index is 2.34. The molecule has 1 aliphatic rings. The first-order valence-corrected chi connectivity index (χ1v) is 5.46. The van der Waals surface area contributed by atoms with Crippen molar-refractivity contribution in [1.29, 1.82) is 0 Å². The molecule has 1 radical (unpaired) electrons. The summed E-state index contributed by atoms with van der Waals surface area (Å²) in [4.78, 5) is 0. The maximum Gasteiger partial charge on any atom is -0.00868 e. The van der Waals surface area contributed by atoms with Gasteiger partial charge in [-0.1, -0.05) is 48.5 Å². The topological polar surface area (TPSA) is 0 Å². The zero-order valence-electron chi connectivity index (χ0n) is 8.61. The summed E-state index contributed by atoms with van der Waals surface area (Å²) in [6.45, 7) is 0. The molecular weight excluding hydrogens is 180 g/mol. The van der Waals surface area contributed by atoms with Gasteiger partial charge in [0.1, 0.15) is 0 Å². The maximum absolute atomic E-state index is 2.34. The lowest BCUT2D eigenvalue weighted by Crippen LogP contribution is -1.87. The average molecular weight is 193 g/mol. The smallest absolute Gasteiger partial charge is 0.00868 e. The minimum atomic E-state index is 1.19. The zero-order valence-corrected chi connectivity index (χ0v) is 8.61. The van der Waals surface area contributed by atoms with Gasteiger partial charge >= 0.3 is 0 Å². The molecule has 0 fully saturated rings. The molecule has 0 amide bonds. The third kappa shape index (κ3) is 1.46. The molecule has 0 heterocycles. The van der Waals surface area contributed by atoms with Gasteiger partial charge < -0.3 is 0 Å². The number of benzene rings is 2. The monoisotopic (exact) mass is 193 g/mol. The molecule has 0 spiro atoms. The average Bonchev–Trinajstić information content (AvgIpc) is 2.78. The lowest BCUT2D eigenvalue weighted by Gasteiger charge is -2.07. The number of rotatable bonds is 1. The first-order chi connectivity index (χ1) is 7.45. The van der Waals surface area contributed by atoms with E-state index in [2.05, 4.69) is 55.0 Å². The number of hydrogen-bond acceptors (Lipinski definition) is 0. The first kappa shape index (κ1) is 8.72. The Morgan fingerprint density at radius 1 is 0.800 bits per heavy atom. The van der Waals surface area contributed by atoms with Gasteiger partial charge in [-0.05, 0) is 41.5 Å². The van der Waals surface area contributed by atoms with Crippen molar-refractivity contribution >= 4 is 0 Å². The van der Waals surface area contributed by atoms with Crippen LogP contribution in [0.15, 0.2) is 48.5 Å². The van der Waals surface area contributed by atoms with Gasteiger partial charge in [0.05, 0.1) is 0 Å². The van der Waals surface area contributed by atoms with Crippen LogP contribution in [-0.2, 0) is 6.42 Å². The van der Waals surface area contributed by atoms with Crippen LogP contribution < -0.4 is 0 Å². The van der Waals surface area contributed by atoms with Crippen LogP contribution in [-0.4, -0.2) is 0 Å². The summed E-state index contributed by atoms with van der Waals surface area (Å²) >= 11 is 0. The van der Waals surface area contributed by atoms with Gasteiger partial charge in [0.25, 0.3) is 0 Å². The van der Waals surface area contributed by atoms with Gasteiger partial charge in [0.2, 0.25) is 0 Å². The fraction of sp³-hybridized carbons (Fsp3) is 0.133. The molecule has 73 valence electrons. The van der Waals surface area contributed by atoms with Crippen molar-refractivity contribution in [3.63, 3.8) is 0 Å². The molecule has 0 aliphatic heterocycles. The third-order valence-corrected chi connectivity index (χ3v) is 3.06. The van der Waals surface area contributed by atoms with Crippen molar-refractivity contribution in [1.82, 2.24) is 0 Å². The third-order valence-electron chi connectivity index (χ3n) is 3.06. The molecule has 0 nitrogen and oxygen atoms in total. The molecule has 1 aliphatic carbocycles. The Labute approximate surface area is 90.6 Å². The molecule has 3 rings (SSSR count). The number of hydrogen-bond donors (Lipinski definition) is 0. The minimum Gasteiger partial charge on any atom is -0.0622 e. The summed E-state index contributed by atoms with van der Waals surface area (Å²) in [5, 5.41) is 0. The standard InChI is InChI=1S/C15H13/c1-2-6-12(7-3-1)14-10-4-8-13-9-5-11-15(13)14/h1-4,6-10H,5,11H2. The normalized spacial score (nSPS) is 13.9. The molecular formula is C15H13. The molecule has 2 aromatic rings. The summed E-state index contributed by atoms with van der Waals surface area (Å²) in [6.07, 6.45) is 4.72. The van der Waals surface area contributed by atoms with Gasteiger partial charge in [-0.3, -0.25) is 0 Å². The van der Waals surface area contributed by atoms with Crippen molar-refractivity contribution in [2.24, 2.45) is 0 Å². The molecule has 0 saturated carbocycles. The van der Waals surface area contributed by atoms with Gasteiger partial charge in [0.15, 0.2) is 0 Å². The van der Waals surface area contributed by atoms with Crippen LogP contribution in [0.3, 0.4) is 0 Å². The quantitative estimate of drug-likeness (QED) is 0.645. The molecule has 2 aromatic carbocycles. The van der Waals surface area contributed by atoms with E-state index >= 15 is 0 Å². The van der Waals surface area contributed by atoms with E-state index in [1.54, 1.807) is 0 Å². The van der Waals surface area contributed by atoms with Crippen LogP contribution in [0.4, 0.5) is 0 Å².